The van der Waals surface area contributed by atoms with E-state index in [0.29, 0.717) is 17.1 Å². The van der Waals surface area contributed by atoms with E-state index in [1.165, 1.54) is 0 Å². The SMILES string of the molecule is Cn1cc(Oc2ccc(C=O)cc2Br)cn1. The maximum Gasteiger partial charge on any atom is 0.165 e. The first-order chi connectivity index (χ1) is 7.69. The number of carbonyl (C=O) groups is 1. The molecular weight excluding hydrogens is 272 g/mol. The van der Waals surface area contributed by atoms with Crippen LogP contribution in [-0.4, -0.2) is 16.1 Å². The predicted octanol–water partition coefficient (Wildman–Crippen LogP) is 2.79. The highest BCUT2D eigenvalue weighted by atomic mass is 79.9. The van der Waals surface area contributed by atoms with Crippen LogP contribution in [0.3, 0.4) is 0 Å². The molecule has 2 rings (SSSR count). The van der Waals surface area contributed by atoms with E-state index in [0.717, 1.165) is 10.8 Å². The van der Waals surface area contributed by atoms with Crippen LogP contribution in [0.2, 0.25) is 0 Å². The summed E-state index contributed by atoms with van der Waals surface area (Å²) in [5.41, 5.74) is 0.602. The molecule has 2 aromatic rings. The van der Waals surface area contributed by atoms with Crippen molar-refractivity contribution in [1.82, 2.24) is 9.78 Å². The third-order valence-corrected chi connectivity index (χ3v) is 2.62. The molecule has 0 N–H and O–H groups in total. The Hall–Kier alpha value is -1.62. The minimum Gasteiger partial charge on any atom is -0.453 e. The fraction of sp³-hybridized carbons (Fsp3) is 0.0909. The van der Waals surface area contributed by atoms with E-state index in [2.05, 4.69) is 21.0 Å². The average molecular weight is 281 g/mol. The molecule has 1 aromatic heterocycles. The number of benzene rings is 1. The highest BCUT2D eigenvalue weighted by Crippen LogP contribution is 2.29. The van der Waals surface area contributed by atoms with Gasteiger partial charge in [-0.1, -0.05) is 0 Å². The Morgan fingerprint density at radius 3 is 2.88 bits per heavy atom. The summed E-state index contributed by atoms with van der Waals surface area (Å²) in [7, 11) is 1.82. The van der Waals surface area contributed by atoms with Crippen molar-refractivity contribution in [3.63, 3.8) is 0 Å². The van der Waals surface area contributed by atoms with Crippen LogP contribution in [0.25, 0.3) is 0 Å². The number of rotatable bonds is 3. The molecule has 0 aliphatic heterocycles. The van der Waals surface area contributed by atoms with Gasteiger partial charge in [-0.15, -0.1) is 0 Å². The van der Waals surface area contributed by atoms with Crippen molar-refractivity contribution >= 4 is 22.2 Å². The molecule has 0 spiro atoms. The van der Waals surface area contributed by atoms with E-state index in [1.807, 2.05) is 7.05 Å². The van der Waals surface area contributed by atoms with Gasteiger partial charge in [-0.3, -0.25) is 9.48 Å². The average Bonchev–Trinajstić information content (AvgIpc) is 2.67. The highest BCUT2D eigenvalue weighted by Gasteiger charge is 2.05. The van der Waals surface area contributed by atoms with Crippen molar-refractivity contribution in [3.05, 3.63) is 40.6 Å². The van der Waals surface area contributed by atoms with E-state index in [-0.39, 0.29) is 0 Å². The van der Waals surface area contributed by atoms with Gasteiger partial charge in [0.2, 0.25) is 0 Å². The lowest BCUT2D eigenvalue weighted by molar-refractivity contribution is 0.112. The van der Waals surface area contributed by atoms with Gasteiger partial charge >= 0.3 is 0 Å². The molecule has 0 fully saturated rings. The lowest BCUT2D eigenvalue weighted by Crippen LogP contribution is -1.87. The summed E-state index contributed by atoms with van der Waals surface area (Å²) in [4.78, 5) is 10.6. The number of carbonyl (C=O) groups excluding carboxylic acids is 1. The van der Waals surface area contributed by atoms with Crippen LogP contribution in [0.15, 0.2) is 35.1 Å². The molecule has 0 atom stereocenters. The molecule has 1 aromatic carbocycles. The lowest BCUT2D eigenvalue weighted by atomic mass is 10.2. The summed E-state index contributed by atoms with van der Waals surface area (Å²) in [6.07, 6.45) is 4.18. The van der Waals surface area contributed by atoms with Gasteiger partial charge in [-0.25, -0.2) is 0 Å². The van der Waals surface area contributed by atoms with E-state index < -0.39 is 0 Å². The van der Waals surface area contributed by atoms with Crippen LogP contribution in [0.1, 0.15) is 10.4 Å². The van der Waals surface area contributed by atoms with Crippen molar-refractivity contribution in [1.29, 1.82) is 0 Å². The second kappa shape index (κ2) is 4.49. The summed E-state index contributed by atoms with van der Waals surface area (Å²) < 4.78 is 7.98. The van der Waals surface area contributed by atoms with E-state index in [9.17, 15) is 4.79 Å². The maximum atomic E-state index is 10.6. The molecule has 0 amide bonds. The minimum atomic E-state index is 0.602. The zero-order valence-corrected chi connectivity index (χ0v) is 10.1. The Kier molecular flexibility index (Phi) is 3.05. The topological polar surface area (TPSA) is 44.1 Å². The maximum absolute atomic E-state index is 10.6. The monoisotopic (exact) mass is 280 g/mol. The molecule has 0 saturated heterocycles. The van der Waals surface area contributed by atoms with Crippen LogP contribution in [0.4, 0.5) is 0 Å². The lowest BCUT2D eigenvalue weighted by Gasteiger charge is -2.05. The van der Waals surface area contributed by atoms with Crippen molar-refractivity contribution in [2.24, 2.45) is 7.05 Å². The molecule has 0 unspecified atom stereocenters. The molecule has 0 bridgehead atoms. The summed E-state index contributed by atoms with van der Waals surface area (Å²) >= 11 is 3.34. The Morgan fingerprint density at radius 1 is 1.50 bits per heavy atom. The molecule has 4 nitrogen and oxygen atoms in total. The number of halogens is 1. The normalized spacial score (nSPS) is 10.1. The minimum absolute atomic E-state index is 0.602. The Bertz CT molecular complexity index is 522. The summed E-state index contributed by atoms with van der Waals surface area (Å²) in [6, 6.07) is 5.14. The number of nitrogens with zero attached hydrogens (tertiary/aromatic N) is 2. The van der Waals surface area contributed by atoms with Crippen molar-refractivity contribution in [3.8, 4) is 11.5 Å². The van der Waals surface area contributed by atoms with Gasteiger partial charge in [0, 0.05) is 12.6 Å². The zero-order chi connectivity index (χ0) is 11.5. The standard InChI is InChI=1S/C11H9BrN2O2/c1-14-6-9(5-13-14)16-11-3-2-8(7-15)4-10(11)12/h2-7H,1H3. The number of hydrogen-bond acceptors (Lipinski definition) is 3. The first kappa shape index (κ1) is 10.9. The summed E-state index contributed by atoms with van der Waals surface area (Å²) in [5.74, 6) is 1.31. The van der Waals surface area contributed by atoms with Crippen LogP contribution >= 0.6 is 15.9 Å². The Labute approximate surface area is 101 Å². The van der Waals surface area contributed by atoms with Crippen molar-refractivity contribution in [2.75, 3.05) is 0 Å². The predicted molar refractivity (Wildman–Crippen MR) is 62.8 cm³/mol. The van der Waals surface area contributed by atoms with E-state index in [1.54, 1.807) is 35.3 Å². The molecule has 0 aliphatic rings. The Balaban J connectivity index is 2.25. The molecule has 0 radical (unpaired) electrons. The largest absolute Gasteiger partial charge is 0.453 e. The first-order valence-corrected chi connectivity index (χ1v) is 5.39. The summed E-state index contributed by atoms with van der Waals surface area (Å²) in [6.45, 7) is 0. The molecule has 0 saturated carbocycles. The van der Waals surface area contributed by atoms with Crippen LogP contribution in [0.5, 0.6) is 11.5 Å². The highest BCUT2D eigenvalue weighted by molar-refractivity contribution is 9.10. The van der Waals surface area contributed by atoms with Gasteiger partial charge < -0.3 is 4.74 Å². The molecule has 5 heteroatoms. The van der Waals surface area contributed by atoms with Gasteiger partial charge in [0.15, 0.2) is 5.75 Å². The molecule has 16 heavy (non-hydrogen) atoms. The van der Waals surface area contributed by atoms with Gasteiger partial charge in [0.05, 0.1) is 16.9 Å². The van der Waals surface area contributed by atoms with Crippen molar-refractivity contribution < 1.29 is 9.53 Å². The molecule has 82 valence electrons. The zero-order valence-electron chi connectivity index (χ0n) is 8.55. The van der Waals surface area contributed by atoms with E-state index in [4.69, 9.17) is 4.74 Å². The van der Waals surface area contributed by atoms with Crippen molar-refractivity contribution in [2.45, 2.75) is 0 Å². The molecule has 1 heterocycles. The van der Waals surface area contributed by atoms with E-state index >= 15 is 0 Å². The van der Waals surface area contributed by atoms with Crippen LogP contribution < -0.4 is 4.74 Å². The Morgan fingerprint density at radius 2 is 2.31 bits per heavy atom. The summed E-state index contributed by atoms with van der Waals surface area (Å²) in [5, 5.41) is 4.00. The number of aldehydes is 1. The number of aryl methyl sites for hydroxylation is 1. The van der Waals surface area contributed by atoms with Crippen LogP contribution in [0, 0.1) is 0 Å². The first-order valence-electron chi connectivity index (χ1n) is 4.60. The van der Waals surface area contributed by atoms with Gasteiger partial charge in [-0.05, 0) is 34.1 Å². The third kappa shape index (κ3) is 2.30. The molecular formula is C11H9BrN2O2. The quantitative estimate of drug-likeness (QED) is 0.812. The fourth-order valence-corrected chi connectivity index (χ4v) is 1.73. The van der Waals surface area contributed by atoms with Gasteiger partial charge in [0.25, 0.3) is 0 Å². The number of ether oxygens (including phenoxy) is 1. The second-order valence-electron chi connectivity index (χ2n) is 3.26. The van der Waals surface area contributed by atoms with Gasteiger partial charge in [0.1, 0.15) is 12.0 Å². The smallest absolute Gasteiger partial charge is 0.165 e. The van der Waals surface area contributed by atoms with Gasteiger partial charge in [-0.2, -0.15) is 5.10 Å². The van der Waals surface area contributed by atoms with Crippen LogP contribution in [-0.2, 0) is 7.05 Å². The fourth-order valence-electron chi connectivity index (χ4n) is 1.25. The molecule has 0 aliphatic carbocycles. The third-order valence-electron chi connectivity index (χ3n) is 2.00. The number of aromatic nitrogens is 2. The number of hydrogen-bond donors (Lipinski definition) is 0. The second-order valence-corrected chi connectivity index (χ2v) is 4.11.